The van der Waals surface area contributed by atoms with Crippen LogP contribution in [0.25, 0.3) is 10.9 Å². The molecule has 0 aliphatic heterocycles. The van der Waals surface area contributed by atoms with E-state index in [1.54, 1.807) is 19.1 Å². The van der Waals surface area contributed by atoms with Crippen LogP contribution in [0.2, 0.25) is 0 Å². The predicted octanol–water partition coefficient (Wildman–Crippen LogP) is 5.91. The summed E-state index contributed by atoms with van der Waals surface area (Å²) in [6.45, 7) is 10.5. The molecule has 39 heavy (non-hydrogen) atoms. The zero-order chi connectivity index (χ0) is 29.1. The van der Waals surface area contributed by atoms with Gasteiger partial charge in [-0.3, -0.25) is 9.59 Å². The van der Waals surface area contributed by atoms with Crippen molar-refractivity contribution in [1.82, 2.24) is 14.8 Å². The number of carbonyl (C=O) groups excluding carboxylic acids is 3. The van der Waals surface area contributed by atoms with Crippen LogP contribution in [0.5, 0.6) is 11.5 Å². The number of ketones is 1. The molecule has 3 rings (SSSR count). The van der Waals surface area contributed by atoms with Gasteiger partial charge in [-0.2, -0.15) is 0 Å². The van der Waals surface area contributed by atoms with E-state index in [2.05, 4.69) is 19.2 Å². The molecule has 1 aromatic heterocycles. The van der Waals surface area contributed by atoms with Crippen LogP contribution in [0, 0.1) is 12.8 Å². The molecule has 1 fully saturated rings. The molecule has 0 unspecified atom stereocenters. The molecule has 218 valence electrons. The summed E-state index contributed by atoms with van der Waals surface area (Å²) in [5.41, 5.74) is 2.40. The summed E-state index contributed by atoms with van der Waals surface area (Å²) < 4.78 is 13.1. The number of hydrogen-bond acceptors (Lipinski definition) is 5. The van der Waals surface area contributed by atoms with E-state index in [4.69, 9.17) is 9.47 Å². The highest BCUT2D eigenvalue weighted by molar-refractivity contribution is 6.02. The quantitative estimate of drug-likeness (QED) is 0.376. The Morgan fingerprint density at radius 2 is 1.59 bits per heavy atom. The summed E-state index contributed by atoms with van der Waals surface area (Å²) in [7, 11) is 5.07. The van der Waals surface area contributed by atoms with Crippen LogP contribution in [0.3, 0.4) is 0 Å². The molecule has 8 heteroatoms. The Labute approximate surface area is 234 Å². The van der Waals surface area contributed by atoms with Gasteiger partial charge in [0.25, 0.3) is 5.91 Å². The molecule has 1 aliphatic carbocycles. The molecule has 1 heterocycles. The van der Waals surface area contributed by atoms with Gasteiger partial charge in [-0.25, -0.2) is 0 Å². The number of benzene rings is 1. The van der Waals surface area contributed by atoms with Crippen molar-refractivity contribution in [1.29, 1.82) is 0 Å². The first-order valence-electron chi connectivity index (χ1n) is 14.3. The lowest BCUT2D eigenvalue weighted by Gasteiger charge is -2.21. The van der Waals surface area contributed by atoms with Crippen LogP contribution in [0.4, 0.5) is 0 Å². The second-order valence-electron chi connectivity index (χ2n) is 11.2. The maximum atomic E-state index is 13.6. The number of Topliss-reactive ketones (excluding diaryl/α,β-unsaturated/α-hetero) is 1. The summed E-state index contributed by atoms with van der Waals surface area (Å²) in [6, 6.07) is 4.10. The molecule has 0 saturated heterocycles. The molecule has 0 radical (unpaired) electrons. The summed E-state index contributed by atoms with van der Waals surface area (Å²) >= 11 is 0. The van der Waals surface area contributed by atoms with Gasteiger partial charge in [0.1, 0.15) is 11.5 Å². The monoisotopic (exact) mass is 543 g/mol. The number of ether oxygens (including phenoxy) is 2. The minimum absolute atomic E-state index is 0.0264. The van der Waals surface area contributed by atoms with Gasteiger partial charge in [-0.1, -0.05) is 39.5 Å². The number of methoxy groups -OCH3 is 2. The Kier molecular flexibility index (Phi) is 12.8. The first-order valence-corrected chi connectivity index (χ1v) is 14.3. The third kappa shape index (κ3) is 9.29. The zero-order valence-electron chi connectivity index (χ0n) is 25.3. The fourth-order valence-corrected chi connectivity index (χ4v) is 5.02. The van der Waals surface area contributed by atoms with E-state index < -0.39 is 0 Å². The summed E-state index contributed by atoms with van der Waals surface area (Å²) in [5, 5.41) is 4.17. The minimum atomic E-state index is -0.0264. The average Bonchev–Trinajstić information content (AvgIpc) is 3.02. The Hall–Kier alpha value is -3.03. The van der Waals surface area contributed by atoms with Crippen molar-refractivity contribution in [2.24, 2.45) is 5.92 Å². The lowest BCUT2D eigenvalue weighted by molar-refractivity contribution is -0.122. The highest BCUT2D eigenvalue weighted by Crippen LogP contribution is 2.36. The number of nitrogens with one attached hydrogen (secondary N) is 1. The number of fused-ring (bicyclic) bond motifs is 1. The van der Waals surface area contributed by atoms with Crippen molar-refractivity contribution >= 4 is 28.5 Å². The molecule has 2 amide bonds. The Balaban J connectivity index is 0.00000124. The number of amides is 2. The van der Waals surface area contributed by atoms with Crippen LogP contribution in [0.1, 0.15) is 95.1 Å². The van der Waals surface area contributed by atoms with Crippen LogP contribution in [0.15, 0.2) is 12.1 Å². The number of aryl methyl sites for hydroxylation is 2. The number of hydrogen-bond donors (Lipinski definition) is 1. The highest BCUT2D eigenvalue weighted by atomic mass is 16.5. The molecular formula is C31H49N3O5. The van der Waals surface area contributed by atoms with E-state index in [1.807, 2.05) is 30.7 Å². The fraction of sp³-hybridized carbons (Fsp3) is 0.645. The van der Waals surface area contributed by atoms with Crippen molar-refractivity contribution in [2.75, 3.05) is 27.8 Å². The number of aromatic nitrogens is 1. The highest BCUT2D eigenvalue weighted by Gasteiger charge is 2.25. The van der Waals surface area contributed by atoms with Crippen molar-refractivity contribution < 1.29 is 23.9 Å². The van der Waals surface area contributed by atoms with E-state index in [1.165, 1.54) is 39.5 Å². The van der Waals surface area contributed by atoms with E-state index in [0.717, 1.165) is 35.7 Å². The number of carbonyl (C=O) groups is 3. The van der Waals surface area contributed by atoms with Crippen LogP contribution in [-0.4, -0.2) is 60.9 Å². The average molecular weight is 544 g/mol. The van der Waals surface area contributed by atoms with Crippen LogP contribution in [-0.2, 0) is 16.1 Å². The second kappa shape index (κ2) is 15.5. The van der Waals surface area contributed by atoms with Crippen molar-refractivity contribution in [2.45, 2.75) is 98.6 Å². The molecule has 1 aromatic carbocycles. The van der Waals surface area contributed by atoms with E-state index in [0.29, 0.717) is 42.6 Å². The Morgan fingerprint density at radius 3 is 2.13 bits per heavy atom. The summed E-state index contributed by atoms with van der Waals surface area (Å²) in [4.78, 5) is 37.7. The standard InChI is InChI=1S/C28H43N3O4.C3H6O/c1-19(2)13-15-30(4)28(33)27-20(3)22-17-24(34-5)25(35-6)18-23(22)31(27)16-14-26(32)29-21-11-9-7-8-10-12-21;1-3(2)4/h17-19,21H,7-16H2,1-6H3,(H,29,32);1-2H3. The molecule has 0 bridgehead atoms. The number of rotatable bonds is 10. The van der Waals surface area contributed by atoms with Gasteiger partial charge in [0.2, 0.25) is 5.91 Å². The van der Waals surface area contributed by atoms with Crippen molar-refractivity contribution in [3.8, 4) is 11.5 Å². The lowest BCUT2D eigenvalue weighted by Crippen LogP contribution is -2.35. The zero-order valence-corrected chi connectivity index (χ0v) is 25.3. The Morgan fingerprint density at radius 1 is 1.03 bits per heavy atom. The molecule has 0 spiro atoms. The molecular weight excluding hydrogens is 494 g/mol. The second-order valence-corrected chi connectivity index (χ2v) is 11.2. The van der Waals surface area contributed by atoms with Crippen LogP contribution < -0.4 is 14.8 Å². The molecule has 1 N–H and O–H groups in total. The van der Waals surface area contributed by atoms with Gasteiger partial charge in [0.05, 0.1) is 19.7 Å². The van der Waals surface area contributed by atoms with E-state index in [9.17, 15) is 14.4 Å². The van der Waals surface area contributed by atoms with E-state index >= 15 is 0 Å². The molecule has 0 atom stereocenters. The molecule has 1 aliphatic rings. The minimum Gasteiger partial charge on any atom is -0.493 e. The number of nitrogens with zero attached hydrogens (tertiary/aromatic N) is 2. The largest absolute Gasteiger partial charge is 0.493 e. The smallest absolute Gasteiger partial charge is 0.270 e. The summed E-state index contributed by atoms with van der Waals surface area (Å²) in [6.07, 6.45) is 8.23. The van der Waals surface area contributed by atoms with E-state index in [-0.39, 0.29) is 23.6 Å². The lowest BCUT2D eigenvalue weighted by atomic mass is 10.1. The van der Waals surface area contributed by atoms with Gasteiger partial charge < -0.3 is 29.1 Å². The molecule has 2 aromatic rings. The topological polar surface area (TPSA) is 89.9 Å². The van der Waals surface area contributed by atoms with Crippen molar-refractivity contribution in [3.63, 3.8) is 0 Å². The van der Waals surface area contributed by atoms with Gasteiger partial charge in [0, 0.05) is 44.1 Å². The SMILES string of the molecule is CC(C)=O.COc1cc2c(C)c(C(=O)N(C)CCC(C)C)n(CCC(=O)NC3CCCCCC3)c2cc1OC. The van der Waals surface area contributed by atoms with Crippen LogP contribution >= 0.6 is 0 Å². The van der Waals surface area contributed by atoms with Crippen molar-refractivity contribution in [3.05, 3.63) is 23.4 Å². The third-order valence-corrected chi connectivity index (χ3v) is 7.20. The normalized spacial score (nSPS) is 13.9. The van der Waals surface area contributed by atoms with Gasteiger partial charge >= 0.3 is 0 Å². The third-order valence-electron chi connectivity index (χ3n) is 7.20. The predicted molar refractivity (Wildman–Crippen MR) is 157 cm³/mol. The Bertz CT molecular complexity index is 1110. The van der Waals surface area contributed by atoms with Gasteiger partial charge in [-0.05, 0) is 57.6 Å². The molecule has 8 nitrogen and oxygen atoms in total. The maximum Gasteiger partial charge on any atom is 0.270 e. The fourth-order valence-electron chi connectivity index (χ4n) is 5.02. The maximum absolute atomic E-state index is 13.6. The first kappa shape index (κ1) is 32.2. The summed E-state index contributed by atoms with van der Waals surface area (Å²) in [5.74, 6) is 1.93. The van der Waals surface area contributed by atoms with Gasteiger partial charge in [-0.15, -0.1) is 0 Å². The molecule has 1 saturated carbocycles. The van der Waals surface area contributed by atoms with Gasteiger partial charge in [0.15, 0.2) is 11.5 Å². The first-order chi connectivity index (χ1) is 18.5.